The number of hydrogen-bond donors (Lipinski definition) is 0. The molecule has 0 aromatic carbocycles. The summed E-state index contributed by atoms with van der Waals surface area (Å²) in [6, 6.07) is 0. The minimum atomic E-state index is 0.463. The van der Waals surface area contributed by atoms with E-state index in [9.17, 15) is 4.79 Å². The molecular weight excluding hydrogens is 160 g/mol. The summed E-state index contributed by atoms with van der Waals surface area (Å²) >= 11 is 0. The molecule has 13 heavy (non-hydrogen) atoms. The molecule has 0 aliphatic rings. The van der Waals surface area contributed by atoms with Crippen molar-refractivity contribution >= 4 is 5.78 Å². The van der Waals surface area contributed by atoms with Crippen LogP contribution in [0.3, 0.4) is 0 Å². The van der Waals surface area contributed by atoms with Gasteiger partial charge in [0.25, 0.3) is 0 Å². The monoisotopic (exact) mass is 184 g/mol. The standard InChI is InChI=1S/C12H24O/c1-4-6-7-8-9-12(13)10-11(3)5-2/h11H,4-10H2,1-3H3/t11-/m1/s1. The molecule has 0 aromatic heterocycles. The molecule has 0 heterocycles. The topological polar surface area (TPSA) is 17.1 Å². The Labute approximate surface area is 82.9 Å². The Morgan fingerprint density at radius 1 is 1.15 bits per heavy atom. The van der Waals surface area contributed by atoms with Crippen LogP contribution in [0.25, 0.3) is 0 Å². The number of carbonyl (C=O) groups excluding carboxylic acids is 1. The molecule has 0 unspecified atom stereocenters. The van der Waals surface area contributed by atoms with Gasteiger partial charge in [-0.05, 0) is 12.3 Å². The van der Waals surface area contributed by atoms with E-state index in [1.165, 1.54) is 19.3 Å². The smallest absolute Gasteiger partial charge is 0.133 e. The Kier molecular flexibility index (Phi) is 8.07. The van der Waals surface area contributed by atoms with Crippen LogP contribution >= 0.6 is 0 Å². The van der Waals surface area contributed by atoms with E-state index >= 15 is 0 Å². The first-order chi connectivity index (χ1) is 6.20. The average Bonchev–Trinajstić information content (AvgIpc) is 2.12. The van der Waals surface area contributed by atoms with Crippen LogP contribution in [0.1, 0.15) is 65.7 Å². The second-order valence-corrected chi connectivity index (χ2v) is 4.07. The van der Waals surface area contributed by atoms with Crippen molar-refractivity contribution in [2.24, 2.45) is 5.92 Å². The molecule has 0 amide bonds. The Hall–Kier alpha value is -0.330. The fourth-order valence-corrected chi connectivity index (χ4v) is 1.38. The molecular formula is C12H24O. The highest BCUT2D eigenvalue weighted by atomic mass is 16.1. The molecule has 1 atom stereocenters. The van der Waals surface area contributed by atoms with Gasteiger partial charge in [0, 0.05) is 12.8 Å². The van der Waals surface area contributed by atoms with Crippen LogP contribution in [-0.4, -0.2) is 5.78 Å². The van der Waals surface area contributed by atoms with Crippen molar-refractivity contribution in [3.05, 3.63) is 0 Å². The van der Waals surface area contributed by atoms with E-state index in [4.69, 9.17) is 0 Å². The van der Waals surface area contributed by atoms with Gasteiger partial charge in [-0.3, -0.25) is 4.79 Å². The maximum Gasteiger partial charge on any atom is 0.133 e. The van der Waals surface area contributed by atoms with Crippen LogP contribution in [0.2, 0.25) is 0 Å². The lowest BCUT2D eigenvalue weighted by atomic mass is 9.99. The molecule has 78 valence electrons. The van der Waals surface area contributed by atoms with Crippen molar-refractivity contribution in [3.8, 4) is 0 Å². The third kappa shape index (κ3) is 8.01. The molecule has 0 bridgehead atoms. The number of rotatable bonds is 8. The van der Waals surface area contributed by atoms with Crippen LogP contribution in [0.5, 0.6) is 0 Å². The Morgan fingerprint density at radius 3 is 2.38 bits per heavy atom. The number of Topliss-reactive ketones (excluding diaryl/α,β-unsaturated/α-hetero) is 1. The molecule has 0 aliphatic heterocycles. The summed E-state index contributed by atoms with van der Waals surface area (Å²) in [6.45, 7) is 6.50. The van der Waals surface area contributed by atoms with Crippen LogP contribution < -0.4 is 0 Å². The van der Waals surface area contributed by atoms with Crippen molar-refractivity contribution in [2.45, 2.75) is 65.7 Å². The van der Waals surface area contributed by atoms with Crippen LogP contribution in [-0.2, 0) is 4.79 Å². The Morgan fingerprint density at radius 2 is 1.85 bits per heavy atom. The van der Waals surface area contributed by atoms with E-state index in [-0.39, 0.29) is 0 Å². The van der Waals surface area contributed by atoms with Gasteiger partial charge in [-0.1, -0.05) is 46.5 Å². The highest BCUT2D eigenvalue weighted by molar-refractivity contribution is 5.78. The fourth-order valence-electron chi connectivity index (χ4n) is 1.38. The number of carbonyl (C=O) groups is 1. The minimum Gasteiger partial charge on any atom is -0.300 e. The normalized spacial score (nSPS) is 12.8. The Bertz CT molecular complexity index is 129. The van der Waals surface area contributed by atoms with Crippen LogP contribution in [0, 0.1) is 5.92 Å². The zero-order valence-electron chi connectivity index (χ0n) is 9.44. The van der Waals surface area contributed by atoms with Gasteiger partial charge in [-0.25, -0.2) is 0 Å². The van der Waals surface area contributed by atoms with Crippen LogP contribution in [0.4, 0.5) is 0 Å². The van der Waals surface area contributed by atoms with E-state index in [2.05, 4.69) is 20.8 Å². The summed E-state index contributed by atoms with van der Waals surface area (Å²) in [5, 5.41) is 0. The first-order valence-electron chi connectivity index (χ1n) is 5.72. The largest absolute Gasteiger partial charge is 0.300 e. The molecule has 0 saturated heterocycles. The molecule has 0 spiro atoms. The maximum absolute atomic E-state index is 11.4. The van der Waals surface area contributed by atoms with Crippen LogP contribution in [0.15, 0.2) is 0 Å². The lowest BCUT2D eigenvalue weighted by molar-refractivity contribution is -0.120. The summed E-state index contributed by atoms with van der Waals surface area (Å²) in [5.74, 6) is 1.05. The van der Waals surface area contributed by atoms with Gasteiger partial charge in [0.1, 0.15) is 5.78 Å². The summed E-state index contributed by atoms with van der Waals surface area (Å²) in [7, 11) is 0. The van der Waals surface area contributed by atoms with E-state index in [1.807, 2.05) is 0 Å². The quantitative estimate of drug-likeness (QED) is 0.522. The highest BCUT2D eigenvalue weighted by Crippen LogP contribution is 2.11. The summed E-state index contributed by atoms with van der Waals surface area (Å²) in [4.78, 5) is 11.4. The predicted molar refractivity (Wildman–Crippen MR) is 57.8 cm³/mol. The van der Waals surface area contributed by atoms with Gasteiger partial charge in [0.2, 0.25) is 0 Å². The third-order valence-electron chi connectivity index (χ3n) is 2.58. The molecule has 0 fully saturated rings. The predicted octanol–water partition coefficient (Wildman–Crippen LogP) is 3.96. The van der Waals surface area contributed by atoms with E-state index in [0.717, 1.165) is 25.7 Å². The molecule has 0 saturated carbocycles. The lowest BCUT2D eigenvalue weighted by Gasteiger charge is -2.06. The zero-order valence-corrected chi connectivity index (χ0v) is 9.44. The van der Waals surface area contributed by atoms with Gasteiger partial charge in [0.15, 0.2) is 0 Å². The zero-order chi connectivity index (χ0) is 10.1. The highest BCUT2D eigenvalue weighted by Gasteiger charge is 2.06. The number of unbranched alkanes of at least 4 members (excludes halogenated alkanes) is 3. The van der Waals surface area contributed by atoms with Gasteiger partial charge >= 0.3 is 0 Å². The molecule has 0 aliphatic carbocycles. The van der Waals surface area contributed by atoms with Crippen molar-refractivity contribution in [1.82, 2.24) is 0 Å². The molecule has 0 N–H and O–H groups in total. The Balaban J connectivity index is 3.30. The van der Waals surface area contributed by atoms with Crippen molar-refractivity contribution in [3.63, 3.8) is 0 Å². The van der Waals surface area contributed by atoms with E-state index < -0.39 is 0 Å². The summed E-state index contributed by atoms with van der Waals surface area (Å²) < 4.78 is 0. The fraction of sp³-hybridized carbons (Fsp3) is 0.917. The van der Waals surface area contributed by atoms with E-state index in [1.54, 1.807) is 0 Å². The second kappa shape index (κ2) is 8.28. The van der Waals surface area contributed by atoms with Gasteiger partial charge in [-0.2, -0.15) is 0 Å². The molecule has 0 rings (SSSR count). The summed E-state index contributed by atoms with van der Waals surface area (Å²) in [5.41, 5.74) is 0. The third-order valence-corrected chi connectivity index (χ3v) is 2.58. The maximum atomic E-state index is 11.4. The van der Waals surface area contributed by atoms with Crippen molar-refractivity contribution in [1.29, 1.82) is 0 Å². The number of hydrogen-bond acceptors (Lipinski definition) is 1. The minimum absolute atomic E-state index is 0.463. The summed E-state index contributed by atoms with van der Waals surface area (Å²) in [6.07, 6.45) is 7.58. The number of ketones is 1. The first kappa shape index (κ1) is 12.7. The first-order valence-corrected chi connectivity index (χ1v) is 5.72. The molecule has 0 radical (unpaired) electrons. The lowest BCUT2D eigenvalue weighted by Crippen LogP contribution is -2.04. The van der Waals surface area contributed by atoms with Crippen molar-refractivity contribution in [2.75, 3.05) is 0 Å². The average molecular weight is 184 g/mol. The SMILES string of the molecule is CCCCCCC(=O)C[C@H](C)CC. The van der Waals surface area contributed by atoms with Gasteiger partial charge < -0.3 is 0 Å². The molecule has 1 nitrogen and oxygen atoms in total. The van der Waals surface area contributed by atoms with E-state index in [0.29, 0.717) is 11.7 Å². The molecule has 1 heteroatoms. The second-order valence-electron chi connectivity index (χ2n) is 4.07. The van der Waals surface area contributed by atoms with Gasteiger partial charge in [-0.15, -0.1) is 0 Å². The van der Waals surface area contributed by atoms with Gasteiger partial charge in [0.05, 0.1) is 0 Å². The molecule has 0 aromatic rings. The van der Waals surface area contributed by atoms with Crippen molar-refractivity contribution < 1.29 is 4.79 Å².